The zero-order valence-electron chi connectivity index (χ0n) is 21.5. The summed E-state index contributed by atoms with van der Waals surface area (Å²) in [5, 5.41) is 21.1. The van der Waals surface area contributed by atoms with Crippen LogP contribution in [0.3, 0.4) is 0 Å². The van der Waals surface area contributed by atoms with Crippen LogP contribution in [0.5, 0.6) is 0 Å². The Balaban J connectivity index is 1.64. The number of carbonyl (C=O) groups excluding carboxylic acids is 3. The number of carboxylic acid groups (broad SMARTS) is 2. The van der Waals surface area contributed by atoms with Gasteiger partial charge in [0, 0.05) is 42.9 Å². The van der Waals surface area contributed by atoms with E-state index in [9.17, 15) is 34.2 Å². The molecule has 37 heavy (non-hydrogen) atoms. The monoisotopic (exact) mass is 561 g/mol. The molecule has 2 unspecified atom stereocenters. The summed E-state index contributed by atoms with van der Waals surface area (Å²) in [6, 6.07) is -1.29. The number of halogens is 2. The van der Waals surface area contributed by atoms with Crippen LogP contribution in [0.1, 0.15) is 59.3 Å². The zero-order valence-corrected chi connectivity index (χ0v) is 23.1. The summed E-state index contributed by atoms with van der Waals surface area (Å²) in [7, 11) is 0. The van der Waals surface area contributed by atoms with Crippen LogP contribution in [0.15, 0.2) is 0 Å². The van der Waals surface area contributed by atoms with Crippen LogP contribution in [0.2, 0.25) is 0 Å². The van der Waals surface area contributed by atoms with Gasteiger partial charge in [-0.3, -0.25) is 24.0 Å². The van der Waals surface area contributed by atoms with Crippen molar-refractivity contribution in [2.75, 3.05) is 26.2 Å². The standard InChI is InChI=1S/C25H37Cl2N3O7/c1-24(2)14(7-8-25(24,3)23(36)37)20(33)28-17(13-18(31)32)21(34)29-9-11-30(12-10-29)22(35)19-15(26)5-4-6-16(19)27/h14-17,19H,4-13H2,1-3H3,(H,28,33)(H,31,32)(H,36,37)/t14-,15?,16?,17+,19?,25+/m1/s1. The van der Waals surface area contributed by atoms with Crippen LogP contribution in [0.4, 0.5) is 0 Å². The van der Waals surface area contributed by atoms with Crippen molar-refractivity contribution in [2.24, 2.45) is 22.7 Å². The number of carbonyl (C=O) groups is 5. The SMILES string of the molecule is CC1(C)[C@@H](C(=O)N[C@@H](CC(=O)O)C(=O)N2CCN(C(=O)C3C(Cl)CCCC3Cl)CC2)CC[C@@]1(C)C(=O)O. The average molecular weight is 562 g/mol. The first-order valence-corrected chi connectivity index (χ1v) is 13.7. The maximum absolute atomic E-state index is 13.3. The molecule has 0 bridgehead atoms. The molecule has 3 N–H and O–H groups in total. The van der Waals surface area contributed by atoms with Gasteiger partial charge in [-0.2, -0.15) is 0 Å². The van der Waals surface area contributed by atoms with E-state index in [1.54, 1.807) is 25.7 Å². The number of hydrogen-bond acceptors (Lipinski definition) is 5. The molecule has 0 aromatic heterocycles. The predicted molar refractivity (Wildman–Crippen MR) is 136 cm³/mol. The minimum atomic E-state index is -1.29. The fourth-order valence-corrected chi connectivity index (χ4v) is 6.92. The molecular weight excluding hydrogens is 525 g/mol. The van der Waals surface area contributed by atoms with Crippen molar-refractivity contribution in [3.05, 3.63) is 0 Å². The second-order valence-electron chi connectivity index (χ2n) is 11.2. The van der Waals surface area contributed by atoms with Crippen LogP contribution < -0.4 is 5.32 Å². The summed E-state index contributed by atoms with van der Waals surface area (Å²) >= 11 is 12.8. The Hall–Kier alpha value is -2.07. The molecule has 3 aliphatic rings. The van der Waals surface area contributed by atoms with E-state index >= 15 is 0 Å². The van der Waals surface area contributed by atoms with Gasteiger partial charge in [0.1, 0.15) is 6.04 Å². The van der Waals surface area contributed by atoms with Gasteiger partial charge in [-0.05, 0) is 38.0 Å². The Kier molecular flexibility index (Phi) is 9.05. The lowest BCUT2D eigenvalue weighted by Gasteiger charge is -2.40. The number of piperazine rings is 1. The molecular formula is C25H37Cl2N3O7. The molecule has 3 fully saturated rings. The average Bonchev–Trinajstić information content (AvgIpc) is 3.07. The van der Waals surface area contributed by atoms with E-state index in [1.807, 2.05) is 0 Å². The van der Waals surface area contributed by atoms with Gasteiger partial charge in [-0.1, -0.05) is 20.3 Å². The number of hydrogen-bond donors (Lipinski definition) is 3. The highest BCUT2D eigenvalue weighted by molar-refractivity contribution is 6.26. The van der Waals surface area contributed by atoms with Crippen molar-refractivity contribution in [3.63, 3.8) is 0 Å². The fourth-order valence-electron chi connectivity index (χ4n) is 5.97. The summed E-state index contributed by atoms with van der Waals surface area (Å²) in [4.78, 5) is 66.0. The molecule has 1 saturated heterocycles. The van der Waals surface area contributed by atoms with Gasteiger partial charge >= 0.3 is 11.9 Å². The summed E-state index contributed by atoms with van der Waals surface area (Å²) < 4.78 is 0. The van der Waals surface area contributed by atoms with Crippen molar-refractivity contribution in [1.29, 1.82) is 0 Å². The van der Waals surface area contributed by atoms with E-state index in [2.05, 4.69) is 5.32 Å². The van der Waals surface area contributed by atoms with E-state index < -0.39 is 58.9 Å². The van der Waals surface area contributed by atoms with Crippen LogP contribution in [-0.4, -0.2) is 92.6 Å². The zero-order chi connectivity index (χ0) is 27.7. The topological polar surface area (TPSA) is 144 Å². The van der Waals surface area contributed by atoms with Gasteiger partial charge in [0.05, 0.1) is 17.8 Å². The second-order valence-corrected chi connectivity index (χ2v) is 12.4. The first-order valence-electron chi connectivity index (χ1n) is 12.8. The highest BCUT2D eigenvalue weighted by Gasteiger charge is 2.58. The minimum Gasteiger partial charge on any atom is -0.481 e. The molecule has 2 saturated carbocycles. The van der Waals surface area contributed by atoms with Crippen LogP contribution in [0.25, 0.3) is 0 Å². The number of nitrogens with one attached hydrogen (secondary N) is 1. The smallest absolute Gasteiger partial charge is 0.309 e. The quantitative estimate of drug-likeness (QED) is 0.404. The van der Waals surface area contributed by atoms with E-state index in [1.165, 1.54) is 4.90 Å². The summed E-state index contributed by atoms with van der Waals surface area (Å²) in [6.45, 7) is 5.93. The molecule has 10 nitrogen and oxygen atoms in total. The fraction of sp³-hybridized carbons (Fsp3) is 0.800. The maximum atomic E-state index is 13.3. The molecule has 1 aliphatic heterocycles. The molecule has 0 radical (unpaired) electrons. The Morgan fingerprint density at radius 3 is 1.95 bits per heavy atom. The summed E-state index contributed by atoms with van der Waals surface area (Å²) in [5.74, 6) is -4.60. The molecule has 12 heteroatoms. The number of rotatable bonds is 7. The normalized spacial score (nSPS) is 32.5. The van der Waals surface area contributed by atoms with Crippen molar-refractivity contribution in [1.82, 2.24) is 15.1 Å². The molecule has 0 aromatic rings. The van der Waals surface area contributed by atoms with Crippen LogP contribution in [-0.2, 0) is 24.0 Å². The van der Waals surface area contributed by atoms with Crippen molar-refractivity contribution < 1.29 is 34.2 Å². The third-order valence-electron chi connectivity index (χ3n) is 8.94. The highest BCUT2D eigenvalue weighted by atomic mass is 35.5. The van der Waals surface area contributed by atoms with Gasteiger partial charge in [0.25, 0.3) is 0 Å². The molecule has 3 rings (SSSR count). The van der Waals surface area contributed by atoms with Crippen molar-refractivity contribution >= 4 is 52.9 Å². The van der Waals surface area contributed by atoms with Gasteiger partial charge in [0.2, 0.25) is 17.7 Å². The number of aliphatic carboxylic acids is 2. The van der Waals surface area contributed by atoms with Crippen molar-refractivity contribution in [2.45, 2.75) is 76.1 Å². The molecule has 0 spiro atoms. The summed E-state index contributed by atoms with van der Waals surface area (Å²) in [6.07, 6.45) is 2.34. The maximum Gasteiger partial charge on any atom is 0.309 e. The highest BCUT2D eigenvalue weighted by Crippen LogP contribution is 2.56. The number of alkyl halides is 2. The van der Waals surface area contributed by atoms with Crippen LogP contribution >= 0.6 is 23.2 Å². The van der Waals surface area contributed by atoms with E-state index in [0.717, 1.165) is 19.3 Å². The predicted octanol–water partition coefficient (Wildman–Crippen LogP) is 2.16. The largest absolute Gasteiger partial charge is 0.481 e. The van der Waals surface area contributed by atoms with Gasteiger partial charge in [0.15, 0.2) is 0 Å². The Labute approximate surface area is 227 Å². The Morgan fingerprint density at radius 1 is 0.919 bits per heavy atom. The molecule has 3 amide bonds. The van der Waals surface area contributed by atoms with E-state index in [0.29, 0.717) is 12.8 Å². The first kappa shape index (κ1) is 29.5. The Bertz CT molecular complexity index is 927. The third kappa shape index (κ3) is 5.85. The van der Waals surface area contributed by atoms with Crippen molar-refractivity contribution in [3.8, 4) is 0 Å². The molecule has 2 aliphatic carbocycles. The number of nitrogens with zero attached hydrogens (tertiary/aromatic N) is 2. The van der Waals surface area contributed by atoms with Gasteiger partial charge in [-0.15, -0.1) is 23.2 Å². The number of carboxylic acids is 2. The molecule has 0 aromatic carbocycles. The van der Waals surface area contributed by atoms with Gasteiger partial charge in [-0.25, -0.2) is 0 Å². The molecule has 5 atom stereocenters. The summed E-state index contributed by atoms with van der Waals surface area (Å²) in [5.41, 5.74) is -2.02. The lowest BCUT2D eigenvalue weighted by molar-refractivity contribution is -0.155. The molecule has 208 valence electrons. The lowest BCUT2D eigenvalue weighted by Crippen LogP contribution is -2.58. The first-order chi connectivity index (χ1) is 17.2. The minimum absolute atomic E-state index is 0.132. The van der Waals surface area contributed by atoms with Crippen LogP contribution in [0, 0.1) is 22.7 Å². The molecule has 1 heterocycles. The van der Waals surface area contributed by atoms with Gasteiger partial charge < -0.3 is 25.3 Å². The Morgan fingerprint density at radius 2 is 1.46 bits per heavy atom. The second kappa shape index (κ2) is 11.4. The van der Waals surface area contributed by atoms with E-state index in [4.69, 9.17) is 23.2 Å². The third-order valence-corrected chi connectivity index (χ3v) is 9.91. The lowest BCUT2D eigenvalue weighted by atomic mass is 9.65. The van der Waals surface area contributed by atoms with E-state index in [-0.39, 0.29) is 42.8 Å². The number of amides is 3.